The highest BCUT2D eigenvalue weighted by atomic mass is 35.5. The van der Waals surface area contributed by atoms with E-state index in [0.29, 0.717) is 24.3 Å². The number of aromatic nitrogens is 3. The molecule has 31 heavy (non-hydrogen) atoms. The molecule has 3 heterocycles. The lowest BCUT2D eigenvalue weighted by Gasteiger charge is -2.27. The van der Waals surface area contributed by atoms with E-state index in [9.17, 15) is 4.39 Å². The Kier molecular flexibility index (Phi) is 5.31. The standard InChI is InChI=1S/C22H19ClFN5O2/c23-14-7-18(24)21(25-10-14)31-17-4-1-13(2-5-17)9-26-22-28-19-6-3-15(8-20(19)29-22)27-16-11-30-12-16/h1-8,10,16,27H,9,11-12H2,(H2,26,28,29). The van der Waals surface area contributed by atoms with Gasteiger partial charge in [0.05, 0.1) is 35.3 Å². The van der Waals surface area contributed by atoms with Crippen molar-refractivity contribution in [2.75, 3.05) is 23.8 Å². The molecular formula is C22H19ClFN5O2. The molecule has 0 radical (unpaired) electrons. The quantitative estimate of drug-likeness (QED) is 0.377. The van der Waals surface area contributed by atoms with E-state index in [4.69, 9.17) is 21.1 Å². The first kappa shape index (κ1) is 19.6. The second-order valence-electron chi connectivity index (χ2n) is 7.24. The van der Waals surface area contributed by atoms with Gasteiger partial charge >= 0.3 is 0 Å². The fourth-order valence-corrected chi connectivity index (χ4v) is 3.33. The van der Waals surface area contributed by atoms with Crippen LogP contribution in [0.3, 0.4) is 0 Å². The van der Waals surface area contributed by atoms with Crippen molar-refractivity contribution in [2.24, 2.45) is 0 Å². The van der Waals surface area contributed by atoms with Gasteiger partial charge in [0.1, 0.15) is 5.75 Å². The van der Waals surface area contributed by atoms with Crippen molar-refractivity contribution in [3.8, 4) is 11.6 Å². The first-order chi connectivity index (χ1) is 15.1. The van der Waals surface area contributed by atoms with Crippen LogP contribution >= 0.6 is 11.6 Å². The minimum atomic E-state index is -0.609. The summed E-state index contributed by atoms with van der Waals surface area (Å²) in [6.45, 7) is 2.05. The van der Waals surface area contributed by atoms with Crippen LogP contribution in [0.2, 0.25) is 5.02 Å². The fourth-order valence-electron chi connectivity index (χ4n) is 3.19. The predicted octanol–water partition coefficient (Wildman–Crippen LogP) is 4.97. The van der Waals surface area contributed by atoms with Crippen molar-refractivity contribution in [2.45, 2.75) is 12.6 Å². The number of imidazole rings is 1. The van der Waals surface area contributed by atoms with Crippen LogP contribution < -0.4 is 15.4 Å². The highest BCUT2D eigenvalue weighted by Gasteiger charge is 2.17. The third-order valence-corrected chi connectivity index (χ3v) is 5.07. The summed E-state index contributed by atoms with van der Waals surface area (Å²) in [5.74, 6) is 0.448. The minimum absolute atomic E-state index is 0.115. The lowest BCUT2D eigenvalue weighted by molar-refractivity contribution is 0.0211. The maximum atomic E-state index is 13.8. The Balaban J connectivity index is 1.20. The SMILES string of the molecule is Fc1cc(Cl)cnc1Oc1ccc(CNc2nc3ccc(NC4COC4)cc3[nH]2)cc1. The molecule has 158 valence electrons. The largest absolute Gasteiger partial charge is 0.436 e. The van der Waals surface area contributed by atoms with Crippen LogP contribution in [0.5, 0.6) is 11.6 Å². The molecule has 1 fully saturated rings. The molecule has 5 rings (SSSR count). The Labute approximate surface area is 182 Å². The maximum Gasteiger partial charge on any atom is 0.255 e. The number of benzene rings is 2. The zero-order valence-electron chi connectivity index (χ0n) is 16.4. The van der Waals surface area contributed by atoms with Gasteiger partial charge in [0.2, 0.25) is 5.95 Å². The minimum Gasteiger partial charge on any atom is -0.436 e. The zero-order chi connectivity index (χ0) is 21.2. The summed E-state index contributed by atoms with van der Waals surface area (Å²) in [4.78, 5) is 11.7. The number of fused-ring (bicyclic) bond motifs is 1. The highest BCUT2D eigenvalue weighted by molar-refractivity contribution is 6.30. The number of halogens is 2. The van der Waals surface area contributed by atoms with Crippen molar-refractivity contribution in [1.82, 2.24) is 15.0 Å². The van der Waals surface area contributed by atoms with Gasteiger partial charge in [-0.2, -0.15) is 0 Å². The monoisotopic (exact) mass is 439 g/mol. The van der Waals surface area contributed by atoms with Gasteiger partial charge < -0.3 is 25.1 Å². The van der Waals surface area contributed by atoms with Crippen molar-refractivity contribution in [1.29, 1.82) is 0 Å². The molecule has 0 amide bonds. The van der Waals surface area contributed by atoms with Crippen molar-refractivity contribution in [3.05, 3.63) is 71.1 Å². The smallest absolute Gasteiger partial charge is 0.255 e. The summed E-state index contributed by atoms with van der Waals surface area (Å²) >= 11 is 5.71. The number of H-pyrrole nitrogens is 1. The van der Waals surface area contributed by atoms with Gasteiger partial charge in [-0.3, -0.25) is 0 Å². The second kappa shape index (κ2) is 8.41. The number of nitrogens with zero attached hydrogens (tertiary/aromatic N) is 2. The molecule has 7 nitrogen and oxygen atoms in total. The lowest BCUT2D eigenvalue weighted by atomic mass is 10.2. The number of pyridine rings is 1. The normalized spacial score (nSPS) is 13.7. The van der Waals surface area contributed by atoms with E-state index in [2.05, 4.69) is 25.6 Å². The number of anilines is 2. The Bertz CT molecular complexity index is 1210. The van der Waals surface area contributed by atoms with Gasteiger partial charge in [-0.15, -0.1) is 0 Å². The van der Waals surface area contributed by atoms with Crippen LogP contribution in [-0.2, 0) is 11.3 Å². The average molecular weight is 440 g/mol. The molecule has 3 N–H and O–H groups in total. The number of rotatable bonds is 7. The molecule has 9 heteroatoms. The number of hydrogen-bond acceptors (Lipinski definition) is 6. The van der Waals surface area contributed by atoms with Gasteiger partial charge in [-0.1, -0.05) is 23.7 Å². The average Bonchev–Trinajstić information content (AvgIpc) is 3.14. The van der Waals surface area contributed by atoms with E-state index >= 15 is 0 Å². The van der Waals surface area contributed by atoms with Crippen LogP contribution in [0.1, 0.15) is 5.56 Å². The first-order valence-electron chi connectivity index (χ1n) is 9.78. The van der Waals surface area contributed by atoms with Gasteiger partial charge in [-0.05, 0) is 42.0 Å². The summed E-state index contributed by atoms with van der Waals surface area (Å²) in [5.41, 5.74) is 3.90. The maximum absolute atomic E-state index is 13.8. The predicted molar refractivity (Wildman–Crippen MR) is 117 cm³/mol. The molecule has 0 saturated carbocycles. The van der Waals surface area contributed by atoms with E-state index < -0.39 is 5.82 Å². The van der Waals surface area contributed by atoms with Crippen LogP contribution in [0.15, 0.2) is 54.7 Å². The van der Waals surface area contributed by atoms with Gasteiger partial charge in [-0.25, -0.2) is 14.4 Å². The molecular weight excluding hydrogens is 421 g/mol. The van der Waals surface area contributed by atoms with Crippen LogP contribution in [0, 0.1) is 5.82 Å². The number of aromatic amines is 1. The molecule has 0 atom stereocenters. The molecule has 1 saturated heterocycles. The van der Waals surface area contributed by atoms with Gasteiger partial charge in [0, 0.05) is 18.4 Å². The Morgan fingerprint density at radius 3 is 2.74 bits per heavy atom. The number of nitrogens with one attached hydrogen (secondary N) is 3. The van der Waals surface area contributed by atoms with Crippen LogP contribution in [-0.4, -0.2) is 34.2 Å². The van der Waals surface area contributed by atoms with Crippen LogP contribution in [0.25, 0.3) is 11.0 Å². The molecule has 4 aromatic rings. The zero-order valence-corrected chi connectivity index (χ0v) is 17.1. The van der Waals surface area contributed by atoms with E-state index in [1.54, 1.807) is 12.1 Å². The van der Waals surface area contributed by atoms with Crippen molar-refractivity contribution < 1.29 is 13.9 Å². The Morgan fingerprint density at radius 2 is 2.00 bits per heavy atom. The fraction of sp³-hybridized carbons (Fsp3) is 0.182. The van der Waals surface area contributed by atoms with E-state index in [1.165, 1.54) is 6.20 Å². The Hall–Kier alpha value is -3.36. The van der Waals surface area contributed by atoms with E-state index in [1.807, 2.05) is 30.3 Å². The molecule has 0 bridgehead atoms. The summed E-state index contributed by atoms with van der Waals surface area (Å²) in [5, 5.41) is 6.93. The van der Waals surface area contributed by atoms with Crippen LogP contribution in [0.4, 0.5) is 16.0 Å². The molecule has 1 aliphatic heterocycles. The summed E-state index contributed by atoms with van der Waals surface area (Å²) in [7, 11) is 0. The molecule has 2 aromatic heterocycles. The highest BCUT2D eigenvalue weighted by Crippen LogP contribution is 2.25. The molecule has 2 aromatic carbocycles. The summed E-state index contributed by atoms with van der Waals surface area (Å²) in [6.07, 6.45) is 1.34. The molecule has 0 spiro atoms. The lowest BCUT2D eigenvalue weighted by Crippen LogP contribution is -2.40. The third-order valence-electron chi connectivity index (χ3n) is 4.86. The van der Waals surface area contributed by atoms with Crippen molar-refractivity contribution in [3.63, 3.8) is 0 Å². The van der Waals surface area contributed by atoms with E-state index in [-0.39, 0.29) is 10.9 Å². The molecule has 1 aliphatic rings. The third kappa shape index (κ3) is 4.55. The number of ether oxygens (including phenoxy) is 2. The number of hydrogen-bond donors (Lipinski definition) is 3. The topological polar surface area (TPSA) is 84.1 Å². The summed E-state index contributed by atoms with van der Waals surface area (Å²) < 4.78 is 24.5. The first-order valence-corrected chi connectivity index (χ1v) is 10.2. The Morgan fingerprint density at radius 1 is 1.16 bits per heavy atom. The molecule has 0 aliphatic carbocycles. The van der Waals surface area contributed by atoms with Gasteiger partial charge in [0.15, 0.2) is 5.82 Å². The van der Waals surface area contributed by atoms with E-state index in [0.717, 1.165) is 41.6 Å². The molecule has 0 unspecified atom stereocenters. The van der Waals surface area contributed by atoms with Crippen molar-refractivity contribution >= 4 is 34.3 Å². The van der Waals surface area contributed by atoms with Gasteiger partial charge in [0.25, 0.3) is 5.88 Å². The second-order valence-corrected chi connectivity index (χ2v) is 7.67. The summed E-state index contributed by atoms with van der Waals surface area (Å²) in [6, 6.07) is 14.9.